The molecule has 2 aromatic heterocycles. The lowest BCUT2D eigenvalue weighted by Gasteiger charge is -2.12. The van der Waals surface area contributed by atoms with Gasteiger partial charge >= 0.3 is 5.88 Å². The number of benzene rings is 1. The SMILES string of the molecule is COc1c(Cc2c[nH]c3ccccc23)ncc(CC(C)C)[n+]1[O-]. The molecule has 0 radical (unpaired) electrons. The molecule has 1 aromatic carbocycles. The zero-order chi connectivity index (χ0) is 16.4. The number of methoxy groups -OCH3 is 1. The Labute approximate surface area is 135 Å². The average Bonchev–Trinajstić information content (AvgIpc) is 2.93. The van der Waals surface area contributed by atoms with E-state index in [2.05, 4.69) is 29.9 Å². The minimum absolute atomic E-state index is 0.286. The number of fused-ring (bicyclic) bond motifs is 1. The van der Waals surface area contributed by atoms with Crippen LogP contribution in [0.25, 0.3) is 10.9 Å². The number of nitrogens with one attached hydrogen (secondary N) is 1. The molecule has 0 saturated carbocycles. The van der Waals surface area contributed by atoms with E-state index in [-0.39, 0.29) is 5.88 Å². The molecule has 5 nitrogen and oxygen atoms in total. The first-order valence-electron chi connectivity index (χ1n) is 7.79. The molecule has 1 N–H and O–H groups in total. The second kappa shape index (κ2) is 6.28. The fourth-order valence-corrected chi connectivity index (χ4v) is 2.84. The summed E-state index contributed by atoms with van der Waals surface area (Å²) in [6, 6.07) is 8.09. The zero-order valence-corrected chi connectivity index (χ0v) is 13.7. The second-order valence-electron chi connectivity index (χ2n) is 6.13. The van der Waals surface area contributed by atoms with Crippen LogP contribution in [0.1, 0.15) is 30.8 Å². The topological polar surface area (TPSA) is 64.8 Å². The highest BCUT2D eigenvalue weighted by atomic mass is 16.5. The fraction of sp³-hybridized carbons (Fsp3) is 0.333. The summed E-state index contributed by atoms with van der Waals surface area (Å²) in [5, 5.41) is 13.6. The molecule has 0 aliphatic carbocycles. The third kappa shape index (κ3) is 2.99. The summed E-state index contributed by atoms with van der Waals surface area (Å²) in [5.74, 6) is 0.676. The summed E-state index contributed by atoms with van der Waals surface area (Å²) in [6.07, 6.45) is 4.86. The molecule has 0 atom stereocenters. The van der Waals surface area contributed by atoms with Crippen molar-refractivity contribution in [3.63, 3.8) is 0 Å². The van der Waals surface area contributed by atoms with Crippen molar-refractivity contribution >= 4 is 10.9 Å². The molecule has 2 heterocycles. The second-order valence-corrected chi connectivity index (χ2v) is 6.13. The standard InChI is InChI=1S/C18H21N3O2/c1-12(2)8-14-11-20-17(18(23-3)21(14)22)9-13-10-19-16-7-5-4-6-15(13)16/h4-7,10-12,19H,8-9H2,1-3H3. The van der Waals surface area contributed by atoms with Crippen LogP contribution in [0.2, 0.25) is 0 Å². The Morgan fingerprint density at radius 2 is 2.09 bits per heavy atom. The van der Waals surface area contributed by atoms with Gasteiger partial charge in [-0.15, -0.1) is 4.73 Å². The number of para-hydroxylation sites is 1. The van der Waals surface area contributed by atoms with Gasteiger partial charge in [-0.3, -0.25) is 0 Å². The molecule has 0 fully saturated rings. The third-order valence-corrected chi connectivity index (χ3v) is 3.91. The average molecular weight is 311 g/mol. The van der Waals surface area contributed by atoms with Crippen LogP contribution in [0.5, 0.6) is 5.88 Å². The highest BCUT2D eigenvalue weighted by Crippen LogP contribution is 2.23. The van der Waals surface area contributed by atoms with E-state index in [9.17, 15) is 5.21 Å². The summed E-state index contributed by atoms with van der Waals surface area (Å²) in [5.41, 5.74) is 3.47. The largest absolute Gasteiger partial charge is 0.616 e. The van der Waals surface area contributed by atoms with Crippen LogP contribution in [0.4, 0.5) is 0 Å². The van der Waals surface area contributed by atoms with E-state index < -0.39 is 0 Å². The van der Waals surface area contributed by atoms with Gasteiger partial charge in [0.25, 0.3) is 0 Å². The smallest absolute Gasteiger partial charge is 0.402 e. The molecule has 0 bridgehead atoms. The molecule has 120 valence electrons. The Balaban J connectivity index is 1.98. The Morgan fingerprint density at radius 1 is 1.30 bits per heavy atom. The van der Waals surface area contributed by atoms with Crippen molar-refractivity contribution in [2.75, 3.05) is 7.11 Å². The predicted molar refractivity (Wildman–Crippen MR) is 89.4 cm³/mol. The Bertz CT molecular complexity index is 824. The molecule has 0 aliphatic heterocycles. The molecular formula is C18H21N3O2. The van der Waals surface area contributed by atoms with E-state index in [0.717, 1.165) is 21.2 Å². The maximum absolute atomic E-state index is 12.5. The van der Waals surface area contributed by atoms with E-state index in [1.165, 1.54) is 7.11 Å². The van der Waals surface area contributed by atoms with Crippen molar-refractivity contribution in [3.05, 3.63) is 58.8 Å². The van der Waals surface area contributed by atoms with Crippen molar-refractivity contribution in [2.24, 2.45) is 5.92 Å². The number of ether oxygens (including phenoxy) is 1. The van der Waals surface area contributed by atoms with Gasteiger partial charge in [-0.2, -0.15) is 0 Å². The minimum Gasteiger partial charge on any atom is -0.616 e. The number of aromatic nitrogens is 3. The van der Waals surface area contributed by atoms with Gasteiger partial charge in [0.2, 0.25) is 5.69 Å². The quantitative estimate of drug-likeness (QED) is 0.582. The summed E-state index contributed by atoms with van der Waals surface area (Å²) < 4.78 is 6.21. The van der Waals surface area contributed by atoms with E-state index in [1.54, 1.807) is 6.20 Å². The summed E-state index contributed by atoms with van der Waals surface area (Å²) in [4.78, 5) is 7.73. The number of H-pyrrole nitrogens is 1. The van der Waals surface area contributed by atoms with Crippen molar-refractivity contribution in [2.45, 2.75) is 26.7 Å². The van der Waals surface area contributed by atoms with E-state index >= 15 is 0 Å². The minimum atomic E-state index is 0.286. The van der Waals surface area contributed by atoms with Crippen molar-refractivity contribution in [1.82, 2.24) is 9.97 Å². The monoisotopic (exact) mass is 311 g/mol. The van der Waals surface area contributed by atoms with Gasteiger partial charge in [-0.05, 0) is 17.5 Å². The molecule has 0 unspecified atom stereocenters. The van der Waals surface area contributed by atoms with E-state index in [1.807, 2.05) is 24.4 Å². The van der Waals surface area contributed by atoms with E-state index in [4.69, 9.17) is 4.74 Å². The molecule has 0 amide bonds. The normalized spacial score (nSPS) is 11.3. The van der Waals surface area contributed by atoms with E-state index in [0.29, 0.717) is 30.1 Å². The van der Waals surface area contributed by atoms with Crippen LogP contribution in [-0.4, -0.2) is 17.1 Å². The predicted octanol–water partition coefficient (Wildman–Crippen LogP) is 2.99. The summed E-state index contributed by atoms with van der Waals surface area (Å²) in [6.45, 7) is 4.15. The Morgan fingerprint density at radius 3 is 2.83 bits per heavy atom. The Kier molecular flexibility index (Phi) is 4.19. The molecule has 23 heavy (non-hydrogen) atoms. The van der Waals surface area contributed by atoms with Gasteiger partial charge < -0.3 is 14.9 Å². The molecule has 0 aliphatic rings. The maximum atomic E-state index is 12.5. The van der Waals surface area contributed by atoms with Gasteiger partial charge in [0.15, 0.2) is 5.69 Å². The molecule has 0 saturated heterocycles. The first kappa shape index (κ1) is 15.3. The van der Waals surface area contributed by atoms with Crippen molar-refractivity contribution in [3.8, 4) is 5.88 Å². The molecule has 3 aromatic rings. The molecule has 3 rings (SSSR count). The van der Waals surface area contributed by atoms with Crippen LogP contribution in [0.15, 0.2) is 36.7 Å². The number of hydrogen-bond acceptors (Lipinski definition) is 3. The van der Waals surface area contributed by atoms with Crippen molar-refractivity contribution < 1.29 is 9.47 Å². The van der Waals surface area contributed by atoms with Crippen LogP contribution in [0, 0.1) is 11.1 Å². The van der Waals surface area contributed by atoms with Gasteiger partial charge in [0.1, 0.15) is 0 Å². The Hall–Kier alpha value is -2.56. The van der Waals surface area contributed by atoms with Crippen LogP contribution in [0.3, 0.4) is 0 Å². The fourth-order valence-electron chi connectivity index (χ4n) is 2.84. The third-order valence-electron chi connectivity index (χ3n) is 3.91. The lowest BCUT2D eigenvalue weighted by atomic mass is 10.1. The lowest BCUT2D eigenvalue weighted by Crippen LogP contribution is -2.36. The number of hydrogen-bond donors (Lipinski definition) is 1. The number of rotatable bonds is 5. The number of nitrogens with zero attached hydrogens (tertiary/aromatic N) is 2. The molecule has 5 heteroatoms. The van der Waals surface area contributed by atoms with Gasteiger partial charge in [0.05, 0.1) is 13.3 Å². The number of aromatic amines is 1. The first-order valence-corrected chi connectivity index (χ1v) is 7.79. The molecule has 0 spiro atoms. The summed E-state index contributed by atoms with van der Waals surface area (Å²) >= 11 is 0. The summed E-state index contributed by atoms with van der Waals surface area (Å²) in [7, 11) is 1.52. The lowest BCUT2D eigenvalue weighted by molar-refractivity contribution is -0.622. The van der Waals surface area contributed by atoms with Gasteiger partial charge in [-0.25, -0.2) is 4.98 Å². The van der Waals surface area contributed by atoms with Gasteiger partial charge in [0, 0.05) is 29.9 Å². The van der Waals surface area contributed by atoms with Gasteiger partial charge in [-0.1, -0.05) is 32.0 Å². The highest BCUT2D eigenvalue weighted by Gasteiger charge is 2.21. The maximum Gasteiger partial charge on any atom is 0.402 e. The van der Waals surface area contributed by atoms with Crippen LogP contribution in [-0.2, 0) is 12.8 Å². The van der Waals surface area contributed by atoms with Crippen LogP contribution < -0.4 is 9.47 Å². The molecular weight excluding hydrogens is 290 g/mol. The highest BCUT2D eigenvalue weighted by molar-refractivity contribution is 5.83. The first-order chi connectivity index (χ1) is 11.1. The van der Waals surface area contributed by atoms with Crippen LogP contribution >= 0.6 is 0 Å². The zero-order valence-electron chi connectivity index (χ0n) is 13.7. The van der Waals surface area contributed by atoms with Crippen molar-refractivity contribution in [1.29, 1.82) is 0 Å².